The SMILES string of the molecule is Cn1nc(C(=O)NCCCN2CCCCC2)c2c1-c1ccsc1CC2. The highest BCUT2D eigenvalue weighted by Gasteiger charge is 2.27. The van der Waals surface area contributed by atoms with Gasteiger partial charge in [-0.05, 0) is 63.2 Å². The van der Waals surface area contributed by atoms with E-state index < -0.39 is 0 Å². The molecule has 6 heteroatoms. The largest absolute Gasteiger partial charge is 0.351 e. The molecule has 0 aromatic carbocycles. The van der Waals surface area contributed by atoms with Gasteiger partial charge in [-0.25, -0.2) is 0 Å². The van der Waals surface area contributed by atoms with Crippen LogP contribution in [0.5, 0.6) is 0 Å². The van der Waals surface area contributed by atoms with E-state index >= 15 is 0 Å². The number of amides is 1. The van der Waals surface area contributed by atoms with Crippen molar-refractivity contribution < 1.29 is 4.79 Å². The first-order valence-electron chi connectivity index (χ1n) is 9.37. The van der Waals surface area contributed by atoms with Crippen molar-refractivity contribution >= 4 is 17.2 Å². The molecular formula is C19H26N4OS. The van der Waals surface area contributed by atoms with Gasteiger partial charge in [0.25, 0.3) is 5.91 Å². The number of nitrogens with one attached hydrogen (secondary N) is 1. The smallest absolute Gasteiger partial charge is 0.272 e. The van der Waals surface area contributed by atoms with Crippen LogP contribution in [0.1, 0.15) is 46.6 Å². The van der Waals surface area contributed by atoms with Crippen LogP contribution < -0.4 is 5.32 Å². The second-order valence-corrected chi connectivity index (χ2v) is 8.07. The average Bonchev–Trinajstić information content (AvgIpc) is 3.23. The van der Waals surface area contributed by atoms with Gasteiger partial charge in [0.1, 0.15) is 0 Å². The molecule has 25 heavy (non-hydrogen) atoms. The summed E-state index contributed by atoms with van der Waals surface area (Å²) in [6.07, 6.45) is 6.93. The van der Waals surface area contributed by atoms with E-state index in [1.807, 2.05) is 11.7 Å². The van der Waals surface area contributed by atoms with Gasteiger partial charge < -0.3 is 10.2 Å². The number of fused-ring (bicyclic) bond motifs is 3. The minimum atomic E-state index is -0.0193. The lowest BCUT2D eigenvalue weighted by Gasteiger charge is -2.26. The maximum absolute atomic E-state index is 12.6. The first-order chi connectivity index (χ1) is 12.2. The Morgan fingerprint density at radius 3 is 2.96 bits per heavy atom. The fraction of sp³-hybridized carbons (Fsp3) is 0.579. The molecule has 1 fully saturated rings. The van der Waals surface area contributed by atoms with Crippen molar-refractivity contribution in [2.24, 2.45) is 7.05 Å². The molecule has 2 aromatic rings. The van der Waals surface area contributed by atoms with Crippen LogP contribution in [0.25, 0.3) is 11.3 Å². The lowest BCUT2D eigenvalue weighted by Crippen LogP contribution is -2.33. The summed E-state index contributed by atoms with van der Waals surface area (Å²) in [5, 5.41) is 9.75. The number of nitrogens with zero attached hydrogens (tertiary/aromatic N) is 3. The van der Waals surface area contributed by atoms with Gasteiger partial charge in [-0.3, -0.25) is 9.48 Å². The molecular weight excluding hydrogens is 332 g/mol. The van der Waals surface area contributed by atoms with E-state index in [9.17, 15) is 4.79 Å². The number of aromatic nitrogens is 2. The van der Waals surface area contributed by atoms with Crippen molar-refractivity contribution in [2.75, 3.05) is 26.2 Å². The highest BCUT2D eigenvalue weighted by atomic mass is 32.1. The van der Waals surface area contributed by atoms with Crippen LogP contribution in [0.2, 0.25) is 0 Å². The monoisotopic (exact) mass is 358 g/mol. The maximum atomic E-state index is 12.6. The molecule has 5 nitrogen and oxygen atoms in total. The van der Waals surface area contributed by atoms with Crippen molar-refractivity contribution in [3.63, 3.8) is 0 Å². The van der Waals surface area contributed by atoms with Crippen molar-refractivity contribution in [3.8, 4) is 11.3 Å². The number of carbonyl (C=O) groups excluding carboxylic acids is 1. The van der Waals surface area contributed by atoms with Gasteiger partial charge in [-0.1, -0.05) is 6.42 Å². The number of aryl methyl sites for hydroxylation is 2. The van der Waals surface area contributed by atoms with E-state index in [-0.39, 0.29) is 5.91 Å². The quantitative estimate of drug-likeness (QED) is 0.836. The summed E-state index contributed by atoms with van der Waals surface area (Å²) in [7, 11) is 1.94. The molecule has 1 aliphatic carbocycles. The van der Waals surface area contributed by atoms with Gasteiger partial charge in [0.2, 0.25) is 0 Å². The van der Waals surface area contributed by atoms with Gasteiger partial charge in [0, 0.05) is 29.6 Å². The topological polar surface area (TPSA) is 50.2 Å². The van der Waals surface area contributed by atoms with Gasteiger partial charge in [0.15, 0.2) is 5.69 Å². The normalized spacial score (nSPS) is 17.2. The third-order valence-corrected chi connectivity index (χ3v) is 6.33. The van der Waals surface area contributed by atoms with Crippen LogP contribution in [-0.2, 0) is 19.9 Å². The minimum Gasteiger partial charge on any atom is -0.351 e. The number of piperidine rings is 1. The molecule has 3 heterocycles. The molecule has 0 atom stereocenters. The molecule has 0 saturated carbocycles. The Balaban J connectivity index is 1.38. The van der Waals surface area contributed by atoms with Crippen molar-refractivity contribution in [1.82, 2.24) is 20.0 Å². The van der Waals surface area contributed by atoms with E-state index in [1.165, 1.54) is 42.8 Å². The number of rotatable bonds is 5. The summed E-state index contributed by atoms with van der Waals surface area (Å²) in [5.41, 5.74) is 4.11. The van der Waals surface area contributed by atoms with E-state index in [1.54, 1.807) is 11.3 Å². The predicted molar refractivity (Wildman–Crippen MR) is 101 cm³/mol. The maximum Gasteiger partial charge on any atom is 0.272 e. The zero-order chi connectivity index (χ0) is 17.2. The van der Waals surface area contributed by atoms with Crippen molar-refractivity contribution in [3.05, 3.63) is 27.6 Å². The van der Waals surface area contributed by atoms with Crippen LogP contribution >= 0.6 is 11.3 Å². The number of hydrogen-bond donors (Lipinski definition) is 1. The summed E-state index contributed by atoms with van der Waals surface area (Å²) in [6, 6.07) is 2.15. The third-order valence-electron chi connectivity index (χ3n) is 5.35. The molecule has 1 N–H and O–H groups in total. The molecule has 2 aliphatic rings. The fourth-order valence-corrected chi connectivity index (χ4v) is 4.96. The second-order valence-electron chi connectivity index (χ2n) is 7.07. The minimum absolute atomic E-state index is 0.0193. The molecule has 1 amide bonds. The van der Waals surface area contributed by atoms with Crippen LogP contribution in [0.3, 0.4) is 0 Å². The van der Waals surface area contributed by atoms with Crippen molar-refractivity contribution in [1.29, 1.82) is 0 Å². The third kappa shape index (κ3) is 3.37. The summed E-state index contributed by atoms with van der Waals surface area (Å²) in [6.45, 7) is 4.23. The average molecular weight is 359 g/mol. The lowest BCUT2D eigenvalue weighted by molar-refractivity contribution is 0.0944. The molecule has 0 unspecified atom stereocenters. The molecule has 0 radical (unpaired) electrons. The number of carbonyl (C=O) groups is 1. The number of hydrogen-bond acceptors (Lipinski definition) is 4. The van der Waals surface area contributed by atoms with E-state index in [4.69, 9.17) is 0 Å². The molecule has 0 bridgehead atoms. The zero-order valence-corrected chi connectivity index (χ0v) is 15.7. The standard InChI is InChI=1S/C19H26N4OS/c1-22-18-14-8-13-25-16(14)7-6-15(18)17(21-22)19(24)20-9-5-12-23-10-3-2-4-11-23/h8,13H,2-7,9-12H2,1H3,(H,20,24). The van der Waals surface area contributed by atoms with Crippen LogP contribution in [0.4, 0.5) is 0 Å². The first kappa shape index (κ1) is 16.8. The fourth-order valence-electron chi connectivity index (χ4n) is 4.08. The van der Waals surface area contributed by atoms with Gasteiger partial charge in [0.05, 0.1) is 5.69 Å². The summed E-state index contributed by atoms with van der Waals surface area (Å²) in [5.74, 6) is -0.0193. The van der Waals surface area contributed by atoms with Crippen LogP contribution in [0, 0.1) is 0 Å². The molecule has 1 saturated heterocycles. The summed E-state index contributed by atoms with van der Waals surface area (Å²) in [4.78, 5) is 16.6. The Bertz CT molecular complexity index is 758. The molecule has 2 aromatic heterocycles. The van der Waals surface area contributed by atoms with Crippen LogP contribution in [-0.4, -0.2) is 46.8 Å². The van der Waals surface area contributed by atoms with Crippen molar-refractivity contribution in [2.45, 2.75) is 38.5 Å². The molecule has 4 rings (SSSR count). The Morgan fingerprint density at radius 2 is 2.12 bits per heavy atom. The number of thiophene rings is 1. The summed E-state index contributed by atoms with van der Waals surface area (Å²) >= 11 is 1.80. The van der Waals surface area contributed by atoms with E-state index in [0.717, 1.165) is 43.6 Å². The van der Waals surface area contributed by atoms with Crippen LogP contribution in [0.15, 0.2) is 11.4 Å². The predicted octanol–water partition coefficient (Wildman–Crippen LogP) is 2.85. The second kappa shape index (κ2) is 7.30. The van der Waals surface area contributed by atoms with Gasteiger partial charge in [-0.15, -0.1) is 11.3 Å². The highest BCUT2D eigenvalue weighted by molar-refractivity contribution is 7.10. The van der Waals surface area contributed by atoms with E-state index in [2.05, 4.69) is 26.8 Å². The molecule has 134 valence electrons. The molecule has 0 spiro atoms. The Hall–Kier alpha value is -1.66. The van der Waals surface area contributed by atoms with Gasteiger partial charge in [-0.2, -0.15) is 5.10 Å². The van der Waals surface area contributed by atoms with E-state index in [0.29, 0.717) is 5.69 Å². The Morgan fingerprint density at radius 1 is 1.28 bits per heavy atom. The zero-order valence-electron chi connectivity index (χ0n) is 14.9. The molecule has 1 aliphatic heterocycles. The first-order valence-corrected chi connectivity index (χ1v) is 10.2. The Kier molecular flexibility index (Phi) is 4.90. The Labute approximate surface area is 153 Å². The lowest BCUT2D eigenvalue weighted by atomic mass is 9.94. The highest BCUT2D eigenvalue weighted by Crippen LogP contribution is 2.37. The summed E-state index contributed by atoms with van der Waals surface area (Å²) < 4.78 is 1.88. The van der Waals surface area contributed by atoms with Gasteiger partial charge >= 0.3 is 0 Å². The number of likely N-dealkylation sites (tertiary alicyclic amines) is 1.